The van der Waals surface area contributed by atoms with Crippen LogP contribution in [-0.2, 0) is 6.54 Å². The highest BCUT2D eigenvalue weighted by Gasteiger charge is 2.26. The Balaban J connectivity index is 1.92. The van der Waals surface area contributed by atoms with E-state index in [0.717, 1.165) is 30.9 Å². The van der Waals surface area contributed by atoms with E-state index >= 15 is 0 Å². The fourth-order valence-electron chi connectivity index (χ4n) is 3.43. The van der Waals surface area contributed by atoms with E-state index < -0.39 is 5.41 Å². The van der Waals surface area contributed by atoms with E-state index in [4.69, 9.17) is 4.98 Å². The number of fused-ring (bicyclic) bond motifs is 1. The second-order valence-corrected chi connectivity index (χ2v) is 8.66. The number of aromatic amines is 1. The molecule has 0 saturated carbocycles. The lowest BCUT2D eigenvalue weighted by atomic mass is 9.87. The summed E-state index contributed by atoms with van der Waals surface area (Å²) in [6.45, 7) is 13.3. The largest absolute Gasteiger partial charge is 0.344 e. The van der Waals surface area contributed by atoms with E-state index in [2.05, 4.69) is 53.0 Å². The van der Waals surface area contributed by atoms with Crippen molar-refractivity contribution in [3.8, 4) is 11.3 Å². The molecule has 2 heterocycles. The SMILES string of the molecule is CCCCN(CC)Cc1cccc(-c2cnc3[nH]cc(C(=O)C(C)(C)C)c3n2)c1. The summed E-state index contributed by atoms with van der Waals surface area (Å²) in [4.78, 5) is 27.6. The summed E-state index contributed by atoms with van der Waals surface area (Å²) < 4.78 is 0. The molecule has 0 atom stereocenters. The molecular weight excluding hydrogens is 360 g/mol. The normalized spacial score (nSPS) is 12.1. The Morgan fingerprint density at radius 2 is 2.00 bits per heavy atom. The number of carbonyl (C=O) groups excluding carboxylic acids is 1. The lowest BCUT2D eigenvalue weighted by Gasteiger charge is -2.20. The van der Waals surface area contributed by atoms with E-state index in [1.54, 1.807) is 12.4 Å². The average Bonchev–Trinajstić information content (AvgIpc) is 3.13. The van der Waals surface area contributed by atoms with Gasteiger partial charge in [0.2, 0.25) is 0 Å². The zero-order valence-electron chi connectivity index (χ0n) is 18.2. The van der Waals surface area contributed by atoms with E-state index in [9.17, 15) is 4.79 Å². The van der Waals surface area contributed by atoms with Gasteiger partial charge in [-0.25, -0.2) is 9.97 Å². The number of ketones is 1. The van der Waals surface area contributed by atoms with Crippen molar-refractivity contribution in [3.63, 3.8) is 0 Å². The molecular formula is C24H32N4O. The molecule has 2 aromatic heterocycles. The summed E-state index contributed by atoms with van der Waals surface area (Å²) in [6.07, 6.45) is 5.93. The molecule has 3 rings (SSSR count). The van der Waals surface area contributed by atoms with Gasteiger partial charge in [0, 0.05) is 23.7 Å². The van der Waals surface area contributed by atoms with Crippen LogP contribution in [0.3, 0.4) is 0 Å². The topological polar surface area (TPSA) is 61.9 Å². The third-order valence-electron chi connectivity index (χ3n) is 5.21. The first-order valence-corrected chi connectivity index (χ1v) is 10.5. The minimum Gasteiger partial charge on any atom is -0.344 e. The minimum absolute atomic E-state index is 0.0680. The van der Waals surface area contributed by atoms with Gasteiger partial charge in [-0.2, -0.15) is 0 Å². The van der Waals surface area contributed by atoms with Crippen LogP contribution in [0.5, 0.6) is 0 Å². The molecule has 0 spiro atoms. The van der Waals surface area contributed by atoms with Crippen molar-refractivity contribution in [2.24, 2.45) is 5.41 Å². The highest BCUT2D eigenvalue weighted by Crippen LogP contribution is 2.27. The molecule has 0 radical (unpaired) electrons. The lowest BCUT2D eigenvalue weighted by Crippen LogP contribution is -2.23. The standard InChI is InChI=1S/C24H32N4O/c1-6-8-12-28(7-2)16-17-10-9-11-18(13-17)20-15-26-23-21(27-20)19(14-25-23)22(29)24(3,4)5/h9-11,13-15H,6-8,12,16H2,1-5H3,(H,25,26). The molecule has 0 aliphatic rings. The van der Waals surface area contributed by atoms with Crippen molar-refractivity contribution in [1.82, 2.24) is 19.9 Å². The van der Waals surface area contributed by atoms with Gasteiger partial charge < -0.3 is 4.98 Å². The molecule has 0 bridgehead atoms. The number of benzene rings is 1. The summed E-state index contributed by atoms with van der Waals surface area (Å²) in [5.41, 5.74) is 4.52. The summed E-state index contributed by atoms with van der Waals surface area (Å²) in [5.74, 6) is 0.0680. The molecule has 29 heavy (non-hydrogen) atoms. The van der Waals surface area contributed by atoms with Gasteiger partial charge in [0.25, 0.3) is 0 Å². The van der Waals surface area contributed by atoms with Gasteiger partial charge in [-0.05, 0) is 31.1 Å². The van der Waals surface area contributed by atoms with E-state index in [-0.39, 0.29) is 5.78 Å². The number of hydrogen-bond donors (Lipinski definition) is 1. The van der Waals surface area contributed by atoms with E-state index in [1.807, 2.05) is 20.8 Å². The molecule has 0 aliphatic carbocycles. The number of carbonyl (C=O) groups is 1. The van der Waals surface area contributed by atoms with Gasteiger partial charge in [0.05, 0.1) is 17.5 Å². The molecule has 0 fully saturated rings. The van der Waals surface area contributed by atoms with Crippen LogP contribution in [0.25, 0.3) is 22.4 Å². The van der Waals surface area contributed by atoms with Gasteiger partial charge >= 0.3 is 0 Å². The van der Waals surface area contributed by atoms with Crippen molar-refractivity contribution in [2.75, 3.05) is 13.1 Å². The maximum Gasteiger partial charge on any atom is 0.171 e. The Bertz CT molecular complexity index is 984. The maximum absolute atomic E-state index is 12.8. The van der Waals surface area contributed by atoms with E-state index in [1.165, 1.54) is 18.4 Å². The Labute approximate surface area is 173 Å². The molecule has 0 saturated heterocycles. The number of unbranched alkanes of at least 4 members (excludes halogenated alkanes) is 1. The second kappa shape index (κ2) is 8.87. The molecule has 0 unspecified atom stereocenters. The van der Waals surface area contributed by atoms with Gasteiger partial charge in [0.1, 0.15) is 5.52 Å². The number of aromatic nitrogens is 3. The Morgan fingerprint density at radius 1 is 1.21 bits per heavy atom. The van der Waals surface area contributed by atoms with Crippen LogP contribution < -0.4 is 0 Å². The fraction of sp³-hybridized carbons (Fsp3) is 0.458. The van der Waals surface area contributed by atoms with Crippen molar-refractivity contribution >= 4 is 16.9 Å². The first-order valence-electron chi connectivity index (χ1n) is 10.5. The Hall–Kier alpha value is -2.53. The molecule has 0 aliphatic heterocycles. The van der Waals surface area contributed by atoms with Crippen LogP contribution >= 0.6 is 0 Å². The van der Waals surface area contributed by atoms with Crippen LogP contribution in [0.15, 0.2) is 36.7 Å². The van der Waals surface area contributed by atoms with Crippen molar-refractivity contribution < 1.29 is 4.79 Å². The smallest absolute Gasteiger partial charge is 0.171 e. The molecule has 1 N–H and O–H groups in total. The van der Waals surface area contributed by atoms with Crippen LogP contribution in [-0.4, -0.2) is 38.7 Å². The Kier molecular flexibility index (Phi) is 6.48. The van der Waals surface area contributed by atoms with Crippen LogP contribution in [0, 0.1) is 5.41 Å². The minimum atomic E-state index is -0.463. The summed E-state index contributed by atoms with van der Waals surface area (Å²) in [5, 5.41) is 0. The predicted molar refractivity (Wildman–Crippen MR) is 119 cm³/mol. The quantitative estimate of drug-likeness (QED) is 0.516. The van der Waals surface area contributed by atoms with Gasteiger partial charge in [-0.15, -0.1) is 0 Å². The number of rotatable bonds is 8. The van der Waals surface area contributed by atoms with Crippen molar-refractivity contribution in [3.05, 3.63) is 47.8 Å². The van der Waals surface area contributed by atoms with Crippen molar-refractivity contribution in [2.45, 2.75) is 54.0 Å². The first kappa shape index (κ1) is 21.2. The average molecular weight is 393 g/mol. The zero-order valence-corrected chi connectivity index (χ0v) is 18.2. The third kappa shape index (κ3) is 4.91. The van der Waals surface area contributed by atoms with Crippen LogP contribution in [0.1, 0.15) is 63.4 Å². The maximum atomic E-state index is 12.8. The third-order valence-corrected chi connectivity index (χ3v) is 5.21. The zero-order chi connectivity index (χ0) is 21.0. The monoisotopic (exact) mass is 392 g/mol. The second-order valence-electron chi connectivity index (χ2n) is 8.66. The summed E-state index contributed by atoms with van der Waals surface area (Å²) in [7, 11) is 0. The number of hydrogen-bond acceptors (Lipinski definition) is 4. The number of nitrogens with zero attached hydrogens (tertiary/aromatic N) is 3. The number of H-pyrrole nitrogens is 1. The van der Waals surface area contributed by atoms with Crippen molar-refractivity contribution in [1.29, 1.82) is 0 Å². The highest BCUT2D eigenvalue weighted by molar-refractivity contribution is 6.08. The van der Waals surface area contributed by atoms with E-state index in [0.29, 0.717) is 16.7 Å². The highest BCUT2D eigenvalue weighted by atomic mass is 16.1. The number of nitrogens with one attached hydrogen (secondary N) is 1. The van der Waals surface area contributed by atoms with Crippen LogP contribution in [0.2, 0.25) is 0 Å². The fourth-order valence-corrected chi connectivity index (χ4v) is 3.43. The molecule has 5 heteroatoms. The molecule has 5 nitrogen and oxygen atoms in total. The summed E-state index contributed by atoms with van der Waals surface area (Å²) >= 11 is 0. The van der Waals surface area contributed by atoms with Crippen LogP contribution in [0.4, 0.5) is 0 Å². The Morgan fingerprint density at radius 3 is 2.69 bits per heavy atom. The van der Waals surface area contributed by atoms with Gasteiger partial charge in [-0.3, -0.25) is 9.69 Å². The molecule has 0 amide bonds. The summed E-state index contributed by atoms with van der Waals surface area (Å²) in [6, 6.07) is 8.47. The lowest BCUT2D eigenvalue weighted by molar-refractivity contribution is 0.0860. The molecule has 1 aromatic carbocycles. The number of Topliss-reactive ketones (excluding diaryl/α,β-unsaturated/α-hetero) is 1. The predicted octanol–water partition coefficient (Wildman–Crippen LogP) is 5.48. The van der Waals surface area contributed by atoms with Gasteiger partial charge in [-0.1, -0.05) is 59.2 Å². The van der Waals surface area contributed by atoms with Gasteiger partial charge in [0.15, 0.2) is 11.4 Å². The first-order chi connectivity index (χ1) is 13.8. The molecule has 3 aromatic rings. The molecule has 154 valence electrons.